The number of anilines is 2. The number of methoxy groups -OCH3 is 1. The highest BCUT2D eigenvalue weighted by Crippen LogP contribution is 2.20. The Balaban J connectivity index is 1.48. The van der Waals surface area contributed by atoms with Gasteiger partial charge >= 0.3 is 0 Å². The van der Waals surface area contributed by atoms with Gasteiger partial charge in [0.25, 0.3) is 0 Å². The van der Waals surface area contributed by atoms with Gasteiger partial charge in [-0.3, -0.25) is 9.69 Å². The highest BCUT2D eigenvalue weighted by atomic mass is 35.5. The minimum Gasteiger partial charge on any atom is -0.497 e. The number of nitrogens with one attached hydrogen (secondary N) is 1. The molecule has 0 radical (unpaired) electrons. The Bertz CT molecular complexity index is 713. The SMILES string of the molecule is COc1cccc(NC(=O)CN2CCN(c3ccc(Cl)cc3)CC2)c1. The number of piperazine rings is 1. The van der Waals surface area contributed by atoms with Gasteiger partial charge in [0.15, 0.2) is 0 Å². The van der Waals surface area contributed by atoms with Crippen LogP contribution in [0.1, 0.15) is 0 Å². The number of rotatable bonds is 5. The van der Waals surface area contributed by atoms with Crippen LogP contribution in [-0.2, 0) is 4.79 Å². The molecule has 1 fully saturated rings. The summed E-state index contributed by atoms with van der Waals surface area (Å²) < 4.78 is 5.17. The minimum atomic E-state index is -0.00630. The quantitative estimate of drug-likeness (QED) is 0.891. The first-order valence-corrected chi connectivity index (χ1v) is 8.68. The van der Waals surface area contributed by atoms with E-state index in [0.717, 1.165) is 42.6 Å². The van der Waals surface area contributed by atoms with Crippen LogP contribution >= 0.6 is 11.6 Å². The van der Waals surface area contributed by atoms with Crippen LogP contribution in [0.5, 0.6) is 5.75 Å². The Kier molecular flexibility index (Phi) is 5.79. The number of amides is 1. The lowest BCUT2D eigenvalue weighted by molar-refractivity contribution is -0.117. The van der Waals surface area contributed by atoms with E-state index in [0.29, 0.717) is 6.54 Å². The molecule has 25 heavy (non-hydrogen) atoms. The molecule has 0 aliphatic carbocycles. The van der Waals surface area contributed by atoms with Gasteiger partial charge in [0.1, 0.15) is 5.75 Å². The van der Waals surface area contributed by atoms with Crippen molar-refractivity contribution in [3.8, 4) is 5.75 Å². The van der Waals surface area contributed by atoms with Crippen LogP contribution in [0.3, 0.4) is 0 Å². The van der Waals surface area contributed by atoms with E-state index in [1.165, 1.54) is 5.69 Å². The van der Waals surface area contributed by atoms with E-state index in [4.69, 9.17) is 16.3 Å². The van der Waals surface area contributed by atoms with Gasteiger partial charge in [-0.25, -0.2) is 0 Å². The number of carbonyl (C=O) groups is 1. The van der Waals surface area contributed by atoms with Gasteiger partial charge in [-0.15, -0.1) is 0 Å². The van der Waals surface area contributed by atoms with Crippen molar-refractivity contribution in [2.75, 3.05) is 50.1 Å². The lowest BCUT2D eigenvalue weighted by Crippen LogP contribution is -2.48. The summed E-state index contributed by atoms with van der Waals surface area (Å²) in [5.74, 6) is 0.725. The van der Waals surface area contributed by atoms with Crippen molar-refractivity contribution in [1.82, 2.24) is 4.90 Å². The fraction of sp³-hybridized carbons (Fsp3) is 0.316. The first kappa shape index (κ1) is 17.6. The molecular weight excluding hydrogens is 338 g/mol. The molecule has 1 aliphatic rings. The summed E-state index contributed by atoms with van der Waals surface area (Å²) in [6.07, 6.45) is 0. The molecule has 1 heterocycles. The van der Waals surface area contributed by atoms with Crippen LogP contribution in [0.4, 0.5) is 11.4 Å². The third-order valence-electron chi connectivity index (χ3n) is 4.28. The number of carbonyl (C=O) groups excluding carboxylic acids is 1. The molecular formula is C19H22ClN3O2. The van der Waals surface area contributed by atoms with Gasteiger partial charge in [0, 0.05) is 48.6 Å². The molecule has 0 spiro atoms. The molecule has 5 nitrogen and oxygen atoms in total. The number of ether oxygens (including phenoxy) is 1. The monoisotopic (exact) mass is 359 g/mol. The smallest absolute Gasteiger partial charge is 0.238 e. The maximum Gasteiger partial charge on any atom is 0.238 e. The number of nitrogens with zero attached hydrogens (tertiary/aromatic N) is 2. The average Bonchev–Trinajstić information content (AvgIpc) is 2.63. The zero-order valence-electron chi connectivity index (χ0n) is 14.2. The summed E-state index contributed by atoms with van der Waals surface area (Å²) in [7, 11) is 1.61. The maximum absolute atomic E-state index is 12.2. The zero-order chi connectivity index (χ0) is 17.6. The largest absolute Gasteiger partial charge is 0.497 e. The summed E-state index contributed by atoms with van der Waals surface area (Å²) >= 11 is 5.94. The standard InChI is InChI=1S/C19H22ClN3O2/c1-25-18-4-2-3-16(13-18)21-19(24)14-22-9-11-23(12-10-22)17-7-5-15(20)6-8-17/h2-8,13H,9-12,14H2,1H3,(H,21,24). The highest BCUT2D eigenvalue weighted by Gasteiger charge is 2.19. The Hall–Kier alpha value is -2.24. The molecule has 6 heteroatoms. The van der Waals surface area contributed by atoms with Crippen molar-refractivity contribution >= 4 is 28.9 Å². The summed E-state index contributed by atoms with van der Waals surface area (Å²) in [5, 5.41) is 3.67. The molecule has 3 rings (SSSR count). The highest BCUT2D eigenvalue weighted by molar-refractivity contribution is 6.30. The Morgan fingerprint density at radius 1 is 1.12 bits per heavy atom. The molecule has 1 saturated heterocycles. The van der Waals surface area contributed by atoms with E-state index in [9.17, 15) is 4.79 Å². The Labute approximate surface area is 153 Å². The van der Waals surface area contributed by atoms with Gasteiger partial charge in [-0.05, 0) is 36.4 Å². The second-order valence-corrected chi connectivity index (χ2v) is 6.46. The molecule has 0 bridgehead atoms. The summed E-state index contributed by atoms with van der Waals surface area (Å²) in [6.45, 7) is 3.90. The molecule has 2 aromatic rings. The Morgan fingerprint density at radius 3 is 2.52 bits per heavy atom. The number of benzene rings is 2. The summed E-state index contributed by atoms with van der Waals surface area (Å²) in [4.78, 5) is 16.7. The van der Waals surface area contributed by atoms with Crippen LogP contribution in [0.2, 0.25) is 5.02 Å². The van der Waals surface area contributed by atoms with Crippen molar-refractivity contribution in [3.63, 3.8) is 0 Å². The van der Waals surface area contributed by atoms with E-state index >= 15 is 0 Å². The van der Waals surface area contributed by atoms with Crippen LogP contribution in [0.25, 0.3) is 0 Å². The lowest BCUT2D eigenvalue weighted by Gasteiger charge is -2.35. The molecule has 1 amide bonds. The molecule has 1 N–H and O–H groups in total. The third-order valence-corrected chi connectivity index (χ3v) is 4.54. The lowest BCUT2D eigenvalue weighted by atomic mass is 10.2. The van der Waals surface area contributed by atoms with Gasteiger partial charge in [-0.2, -0.15) is 0 Å². The number of hydrogen-bond donors (Lipinski definition) is 1. The molecule has 0 unspecified atom stereocenters. The third kappa shape index (κ3) is 4.87. The molecule has 0 aromatic heterocycles. The predicted octanol–water partition coefficient (Wildman–Crippen LogP) is 3.11. The maximum atomic E-state index is 12.2. The van der Waals surface area contributed by atoms with E-state index < -0.39 is 0 Å². The minimum absolute atomic E-state index is 0.00630. The molecule has 2 aromatic carbocycles. The zero-order valence-corrected chi connectivity index (χ0v) is 15.0. The van der Waals surface area contributed by atoms with Crippen molar-refractivity contribution in [3.05, 3.63) is 53.6 Å². The van der Waals surface area contributed by atoms with Gasteiger partial charge in [0.2, 0.25) is 5.91 Å². The second-order valence-electron chi connectivity index (χ2n) is 6.02. The van der Waals surface area contributed by atoms with Crippen LogP contribution < -0.4 is 15.0 Å². The number of hydrogen-bond acceptors (Lipinski definition) is 4. The Morgan fingerprint density at radius 2 is 1.84 bits per heavy atom. The number of halogens is 1. The van der Waals surface area contributed by atoms with Crippen LogP contribution in [-0.4, -0.2) is 50.6 Å². The fourth-order valence-corrected chi connectivity index (χ4v) is 3.05. The van der Waals surface area contributed by atoms with Gasteiger partial charge < -0.3 is 15.0 Å². The van der Waals surface area contributed by atoms with Crippen molar-refractivity contribution in [1.29, 1.82) is 0 Å². The summed E-state index contributed by atoms with van der Waals surface area (Å²) in [6, 6.07) is 15.3. The van der Waals surface area contributed by atoms with Crippen molar-refractivity contribution in [2.45, 2.75) is 0 Å². The molecule has 132 valence electrons. The van der Waals surface area contributed by atoms with Crippen LogP contribution in [0.15, 0.2) is 48.5 Å². The normalized spacial score (nSPS) is 15.0. The van der Waals surface area contributed by atoms with Crippen LogP contribution in [0, 0.1) is 0 Å². The first-order chi connectivity index (χ1) is 12.1. The topological polar surface area (TPSA) is 44.8 Å². The summed E-state index contributed by atoms with van der Waals surface area (Å²) in [5.41, 5.74) is 1.93. The van der Waals surface area contributed by atoms with E-state index in [1.54, 1.807) is 7.11 Å². The van der Waals surface area contributed by atoms with E-state index in [1.807, 2.05) is 48.5 Å². The fourth-order valence-electron chi connectivity index (χ4n) is 2.92. The van der Waals surface area contributed by atoms with Gasteiger partial charge in [-0.1, -0.05) is 17.7 Å². The predicted molar refractivity (Wildman–Crippen MR) is 102 cm³/mol. The second kappa shape index (κ2) is 8.23. The van der Waals surface area contributed by atoms with Crippen molar-refractivity contribution < 1.29 is 9.53 Å². The average molecular weight is 360 g/mol. The molecule has 0 saturated carbocycles. The van der Waals surface area contributed by atoms with Gasteiger partial charge in [0.05, 0.1) is 13.7 Å². The van der Waals surface area contributed by atoms with Crippen molar-refractivity contribution in [2.24, 2.45) is 0 Å². The van der Waals surface area contributed by atoms with E-state index in [2.05, 4.69) is 15.1 Å². The first-order valence-electron chi connectivity index (χ1n) is 8.31. The van der Waals surface area contributed by atoms with E-state index in [-0.39, 0.29) is 5.91 Å². The molecule has 0 atom stereocenters. The molecule has 1 aliphatic heterocycles.